The zero-order chi connectivity index (χ0) is 21.9. The van der Waals surface area contributed by atoms with Crippen molar-refractivity contribution in [3.05, 3.63) is 60.4 Å². The number of para-hydroxylation sites is 1. The van der Waals surface area contributed by atoms with E-state index in [1.807, 2.05) is 41.8 Å². The molecule has 0 fully saturated rings. The number of amides is 1. The van der Waals surface area contributed by atoms with Gasteiger partial charge in [0.05, 0.1) is 10.1 Å². The fourth-order valence-electron chi connectivity index (χ4n) is 2.62. The maximum Gasteiger partial charge on any atom is 0.242 e. The molecule has 0 radical (unpaired) electrons. The number of carbonyl (C=O) groups excluding carboxylic acids is 1. The molecular formula is C20H23N5O3S2. The number of aromatic nitrogens is 3. The molecule has 158 valence electrons. The van der Waals surface area contributed by atoms with Crippen molar-refractivity contribution < 1.29 is 13.2 Å². The van der Waals surface area contributed by atoms with Crippen molar-refractivity contribution in [2.45, 2.75) is 29.1 Å². The van der Waals surface area contributed by atoms with Gasteiger partial charge in [0.1, 0.15) is 6.33 Å². The van der Waals surface area contributed by atoms with Gasteiger partial charge in [0, 0.05) is 25.5 Å². The SMILES string of the molecule is Cc1ccc(S(=O)(=O)N(C)C)cc1NC(=O)C(C)Sc1nncn1-c1ccccc1. The Morgan fingerprint density at radius 2 is 1.87 bits per heavy atom. The second-order valence-corrected chi connectivity index (χ2v) is 10.3. The Kier molecular flexibility index (Phi) is 6.59. The maximum atomic E-state index is 12.8. The summed E-state index contributed by atoms with van der Waals surface area (Å²) in [6.45, 7) is 3.57. The van der Waals surface area contributed by atoms with E-state index >= 15 is 0 Å². The second kappa shape index (κ2) is 8.99. The smallest absolute Gasteiger partial charge is 0.242 e. The zero-order valence-corrected chi connectivity index (χ0v) is 18.7. The second-order valence-electron chi connectivity index (χ2n) is 6.83. The predicted molar refractivity (Wildman–Crippen MR) is 117 cm³/mol. The van der Waals surface area contributed by atoms with Crippen LogP contribution in [0.25, 0.3) is 5.69 Å². The van der Waals surface area contributed by atoms with Crippen LogP contribution >= 0.6 is 11.8 Å². The van der Waals surface area contributed by atoms with Gasteiger partial charge < -0.3 is 5.32 Å². The number of thioether (sulfide) groups is 1. The summed E-state index contributed by atoms with van der Waals surface area (Å²) in [5.41, 5.74) is 2.13. The normalized spacial score (nSPS) is 12.7. The van der Waals surface area contributed by atoms with Gasteiger partial charge >= 0.3 is 0 Å². The van der Waals surface area contributed by atoms with Crippen LogP contribution in [-0.4, -0.2) is 52.7 Å². The van der Waals surface area contributed by atoms with Crippen molar-refractivity contribution >= 4 is 33.4 Å². The quantitative estimate of drug-likeness (QED) is 0.562. The Bertz CT molecular complexity index is 1140. The molecule has 0 spiro atoms. The lowest BCUT2D eigenvalue weighted by atomic mass is 10.2. The molecule has 3 rings (SSSR count). The van der Waals surface area contributed by atoms with Crippen LogP contribution in [0.3, 0.4) is 0 Å². The van der Waals surface area contributed by atoms with Gasteiger partial charge in [-0.1, -0.05) is 36.0 Å². The van der Waals surface area contributed by atoms with Crippen LogP contribution < -0.4 is 5.32 Å². The van der Waals surface area contributed by atoms with E-state index in [0.717, 1.165) is 15.6 Å². The summed E-state index contributed by atoms with van der Waals surface area (Å²) in [5.74, 6) is -0.259. The van der Waals surface area contributed by atoms with E-state index in [2.05, 4.69) is 15.5 Å². The molecule has 1 aromatic heterocycles. The van der Waals surface area contributed by atoms with Crippen LogP contribution in [0.4, 0.5) is 5.69 Å². The van der Waals surface area contributed by atoms with Gasteiger partial charge in [0.15, 0.2) is 5.16 Å². The topological polar surface area (TPSA) is 97.2 Å². The lowest BCUT2D eigenvalue weighted by molar-refractivity contribution is -0.115. The number of nitrogens with one attached hydrogen (secondary N) is 1. The number of nitrogens with zero attached hydrogens (tertiary/aromatic N) is 4. The molecule has 10 heteroatoms. The monoisotopic (exact) mass is 445 g/mol. The number of benzene rings is 2. The highest BCUT2D eigenvalue weighted by atomic mass is 32.2. The largest absolute Gasteiger partial charge is 0.325 e. The number of hydrogen-bond acceptors (Lipinski definition) is 6. The molecule has 1 unspecified atom stereocenters. The highest BCUT2D eigenvalue weighted by Gasteiger charge is 2.22. The maximum absolute atomic E-state index is 12.8. The van der Waals surface area contributed by atoms with Crippen molar-refractivity contribution in [1.82, 2.24) is 19.1 Å². The average molecular weight is 446 g/mol. The Morgan fingerprint density at radius 1 is 1.17 bits per heavy atom. The molecule has 1 amide bonds. The summed E-state index contributed by atoms with van der Waals surface area (Å²) in [6, 6.07) is 14.3. The fourth-order valence-corrected chi connectivity index (χ4v) is 4.39. The van der Waals surface area contributed by atoms with E-state index < -0.39 is 15.3 Å². The molecular weight excluding hydrogens is 422 g/mol. The summed E-state index contributed by atoms with van der Waals surface area (Å²) >= 11 is 1.27. The van der Waals surface area contributed by atoms with E-state index in [1.165, 1.54) is 38.0 Å². The van der Waals surface area contributed by atoms with E-state index in [4.69, 9.17) is 0 Å². The first-order chi connectivity index (χ1) is 14.2. The minimum atomic E-state index is -3.59. The van der Waals surface area contributed by atoms with E-state index in [0.29, 0.717) is 10.8 Å². The number of aryl methyl sites for hydroxylation is 1. The first-order valence-corrected chi connectivity index (χ1v) is 11.5. The summed E-state index contributed by atoms with van der Waals surface area (Å²) in [5, 5.41) is 11.0. The third-order valence-corrected chi connectivity index (χ3v) is 7.32. The Balaban J connectivity index is 1.77. The molecule has 1 N–H and O–H groups in total. The molecule has 0 saturated heterocycles. The van der Waals surface area contributed by atoms with Crippen molar-refractivity contribution in [3.8, 4) is 5.69 Å². The third-order valence-electron chi connectivity index (χ3n) is 4.45. The van der Waals surface area contributed by atoms with Gasteiger partial charge in [-0.15, -0.1) is 10.2 Å². The molecule has 1 heterocycles. The van der Waals surface area contributed by atoms with Crippen molar-refractivity contribution in [1.29, 1.82) is 0 Å². The van der Waals surface area contributed by atoms with Crippen LogP contribution in [0.1, 0.15) is 12.5 Å². The Morgan fingerprint density at radius 3 is 2.53 bits per heavy atom. The van der Waals surface area contributed by atoms with Crippen LogP contribution in [-0.2, 0) is 14.8 Å². The third kappa shape index (κ3) is 4.72. The summed E-state index contributed by atoms with van der Waals surface area (Å²) in [6.07, 6.45) is 1.60. The van der Waals surface area contributed by atoms with Crippen molar-refractivity contribution in [3.63, 3.8) is 0 Å². The highest BCUT2D eigenvalue weighted by Crippen LogP contribution is 2.26. The predicted octanol–water partition coefficient (Wildman–Crippen LogP) is 2.95. The Labute approximate surface area is 180 Å². The van der Waals surface area contributed by atoms with E-state index in [-0.39, 0.29) is 10.8 Å². The van der Waals surface area contributed by atoms with Crippen LogP contribution in [0.5, 0.6) is 0 Å². The van der Waals surface area contributed by atoms with Gasteiger partial charge in [-0.05, 0) is 43.7 Å². The summed E-state index contributed by atoms with van der Waals surface area (Å²) in [4.78, 5) is 12.9. The molecule has 2 aromatic carbocycles. The van der Waals surface area contributed by atoms with Gasteiger partial charge in [-0.2, -0.15) is 0 Å². The molecule has 1 atom stereocenters. The minimum absolute atomic E-state index is 0.123. The summed E-state index contributed by atoms with van der Waals surface area (Å²) in [7, 11) is -0.660. The minimum Gasteiger partial charge on any atom is -0.325 e. The first kappa shape index (κ1) is 22.0. The summed E-state index contributed by atoms with van der Waals surface area (Å²) < 4.78 is 27.7. The standard InChI is InChI=1S/C20H23N5O3S2/c1-14-10-11-17(30(27,28)24(3)4)12-18(14)22-19(26)15(2)29-20-23-21-13-25(20)16-8-6-5-7-9-16/h5-13,15H,1-4H3,(H,22,26). The molecule has 0 bridgehead atoms. The fraction of sp³-hybridized carbons (Fsp3) is 0.250. The molecule has 0 aliphatic carbocycles. The van der Waals surface area contributed by atoms with Crippen molar-refractivity contribution in [2.75, 3.05) is 19.4 Å². The van der Waals surface area contributed by atoms with E-state index in [9.17, 15) is 13.2 Å². The molecule has 3 aromatic rings. The number of rotatable bonds is 7. The van der Waals surface area contributed by atoms with Crippen molar-refractivity contribution in [2.24, 2.45) is 0 Å². The van der Waals surface area contributed by atoms with Gasteiger partial charge in [-0.25, -0.2) is 12.7 Å². The Hall–Kier alpha value is -2.69. The van der Waals surface area contributed by atoms with Gasteiger partial charge in [0.2, 0.25) is 15.9 Å². The lowest BCUT2D eigenvalue weighted by Crippen LogP contribution is -2.25. The number of anilines is 1. The van der Waals surface area contributed by atoms with Gasteiger partial charge in [0.25, 0.3) is 0 Å². The molecule has 0 aliphatic heterocycles. The molecule has 30 heavy (non-hydrogen) atoms. The lowest BCUT2D eigenvalue weighted by Gasteiger charge is -2.16. The molecule has 0 saturated carbocycles. The molecule has 0 aliphatic rings. The first-order valence-electron chi connectivity index (χ1n) is 9.16. The highest BCUT2D eigenvalue weighted by molar-refractivity contribution is 8.00. The van der Waals surface area contributed by atoms with E-state index in [1.54, 1.807) is 19.3 Å². The van der Waals surface area contributed by atoms with Crippen LogP contribution in [0.15, 0.2) is 64.9 Å². The average Bonchev–Trinajstić information content (AvgIpc) is 3.18. The van der Waals surface area contributed by atoms with Crippen LogP contribution in [0, 0.1) is 6.92 Å². The number of sulfonamides is 1. The number of hydrogen-bond donors (Lipinski definition) is 1. The number of carbonyl (C=O) groups is 1. The van der Waals surface area contributed by atoms with Crippen LogP contribution in [0.2, 0.25) is 0 Å². The van der Waals surface area contributed by atoms with Gasteiger partial charge in [-0.3, -0.25) is 9.36 Å². The zero-order valence-electron chi connectivity index (χ0n) is 17.1. The molecule has 8 nitrogen and oxygen atoms in total.